The molecule has 0 aliphatic carbocycles. The maximum atomic E-state index is 12.0. The molecule has 1 amide bonds. The fourth-order valence-electron chi connectivity index (χ4n) is 5.41. The number of rotatable bonds is 6. The lowest BCUT2D eigenvalue weighted by Crippen LogP contribution is -2.29. The molecule has 8 heteroatoms. The van der Waals surface area contributed by atoms with Gasteiger partial charge in [-0.25, -0.2) is 0 Å². The van der Waals surface area contributed by atoms with E-state index in [0.29, 0.717) is 16.6 Å². The van der Waals surface area contributed by atoms with Crippen LogP contribution in [0.25, 0.3) is 5.69 Å². The number of carbonyl (C=O) groups excluding carboxylic acids is 1. The van der Waals surface area contributed by atoms with Crippen LogP contribution in [0, 0.1) is 27.7 Å². The molecule has 0 saturated carbocycles. The molecule has 5 rings (SSSR count). The summed E-state index contributed by atoms with van der Waals surface area (Å²) >= 11 is 12.4. The zero-order valence-electron chi connectivity index (χ0n) is 22.7. The Labute approximate surface area is 240 Å². The first-order valence-corrected chi connectivity index (χ1v) is 13.8. The Bertz CT molecular complexity index is 1560. The number of aromatic nitrogens is 2. The maximum absolute atomic E-state index is 12.0. The van der Waals surface area contributed by atoms with Crippen LogP contribution >= 0.6 is 23.8 Å². The van der Waals surface area contributed by atoms with Crippen molar-refractivity contribution in [2.45, 2.75) is 53.1 Å². The van der Waals surface area contributed by atoms with Gasteiger partial charge < -0.3 is 20.1 Å². The van der Waals surface area contributed by atoms with Gasteiger partial charge in [0.05, 0.1) is 17.8 Å². The molecular weight excluding hydrogens is 526 g/mol. The van der Waals surface area contributed by atoms with Crippen LogP contribution in [0.5, 0.6) is 0 Å². The molecule has 2 aromatic heterocycles. The number of hydrogen-bond donors (Lipinski definition) is 2. The number of pyridine rings is 1. The fourth-order valence-corrected chi connectivity index (χ4v) is 5.92. The Hall–Kier alpha value is -3.68. The quantitative estimate of drug-likeness (QED) is 0.244. The van der Waals surface area contributed by atoms with E-state index in [1.165, 1.54) is 0 Å². The van der Waals surface area contributed by atoms with Crippen molar-refractivity contribution >= 4 is 46.2 Å². The van der Waals surface area contributed by atoms with Crippen molar-refractivity contribution in [3.05, 3.63) is 106 Å². The predicted molar refractivity (Wildman–Crippen MR) is 163 cm³/mol. The largest absolute Gasteiger partial charge is 0.351 e. The van der Waals surface area contributed by atoms with Gasteiger partial charge in [0, 0.05) is 46.1 Å². The van der Waals surface area contributed by atoms with Crippen molar-refractivity contribution in [2.75, 3.05) is 10.2 Å². The van der Waals surface area contributed by atoms with Crippen LogP contribution in [-0.4, -0.2) is 20.6 Å². The first kappa shape index (κ1) is 26.9. The number of nitrogens with zero attached hydrogens (tertiary/aromatic N) is 3. The summed E-state index contributed by atoms with van der Waals surface area (Å²) in [5.41, 5.74) is 9.22. The van der Waals surface area contributed by atoms with Crippen LogP contribution in [0.1, 0.15) is 59.2 Å². The molecule has 2 aromatic carbocycles. The monoisotopic (exact) mass is 557 g/mol. The fraction of sp³-hybridized carbons (Fsp3) is 0.258. The normalized spacial score (nSPS) is 16.9. The van der Waals surface area contributed by atoms with E-state index in [9.17, 15) is 4.79 Å². The Balaban J connectivity index is 1.65. The van der Waals surface area contributed by atoms with Gasteiger partial charge in [0.2, 0.25) is 5.91 Å². The second-order valence-corrected chi connectivity index (χ2v) is 10.8. The lowest BCUT2D eigenvalue weighted by atomic mass is 9.96. The van der Waals surface area contributed by atoms with Crippen LogP contribution in [0.2, 0.25) is 5.02 Å². The molecule has 39 heavy (non-hydrogen) atoms. The number of anilines is 2. The zero-order valence-corrected chi connectivity index (χ0v) is 24.3. The van der Waals surface area contributed by atoms with Crippen molar-refractivity contribution < 1.29 is 4.79 Å². The first-order chi connectivity index (χ1) is 18.7. The van der Waals surface area contributed by atoms with Gasteiger partial charge in [0.1, 0.15) is 0 Å². The highest BCUT2D eigenvalue weighted by atomic mass is 35.5. The SMILES string of the molecule is CCC(=O)Nc1ccc(N2C(=S)N[C@@H](c3ccccn3)[C@@H]2c2cc(C)n(-c3cc(Cl)ccc3C)c2C)cc1C. The van der Waals surface area contributed by atoms with E-state index >= 15 is 0 Å². The zero-order chi connectivity index (χ0) is 27.8. The molecule has 3 heterocycles. The van der Waals surface area contributed by atoms with Gasteiger partial charge in [-0.2, -0.15) is 0 Å². The standard InChI is InChI=1S/C31H32ClN5OS/c1-6-28(38)34-25-13-12-23(15-19(25)3)37-30(29(35-31(37)39)26-9-7-8-14-33-26)24-16-20(4)36(21(24)5)27-17-22(32)11-10-18(27)2/h7-17,29-30H,6H2,1-5H3,(H,34,38)(H,35,39)/t29-,30-/m0/s1. The van der Waals surface area contributed by atoms with Crippen LogP contribution < -0.4 is 15.5 Å². The van der Waals surface area contributed by atoms with Crippen molar-refractivity contribution in [1.29, 1.82) is 0 Å². The molecule has 0 bridgehead atoms. The number of hydrogen-bond acceptors (Lipinski definition) is 3. The number of halogens is 1. The molecule has 1 saturated heterocycles. The number of benzene rings is 2. The van der Waals surface area contributed by atoms with Crippen molar-refractivity contribution in [1.82, 2.24) is 14.9 Å². The van der Waals surface area contributed by atoms with Gasteiger partial charge in [0.15, 0.2) is 5.11 Å². The molecule has 4 aromatic rings. The van der Waals surface area contributed by atoms with Gasteiger partial charge in [0.25, 0.3) is 0 Å². The summed E-state index contributed by atoms with van der Waals surface area (Å²) in [6, 6.07) is 19.9. The Morgan fingerprint density at radius 1 is 1.05 bits per heavy atom. The minimum absolute atomic E-state index is 0.0129. The second-order valence-electron chi connectivity index (χ2n) is 9.99. The van der Waals surface area contributed by atoms with E-state index in [4.69, 9.17) is 28.8 Å². The van der Waals surface area contributed by atoms with Gasteiger partial charge in [-0.1, -0.05) is 30.7 Å². The van der Waals surface area contributed by atoms with E-state index in [1.54, 1.807) is 0 Å². The molecule has 2 N–H and O–H groups in total. The Morgan fingerprint density at radius 2 is 1.85 bits per heavy atom. The molecule has 6 nitrogen and oxygen atoms in total. The summed E-state index contributed by atoms with van der Waals surface area (Å²) in [5, 5.41) is 7.87. The molecule has 1 aliphatic rings. The maximum Gasteiger partial charge on any atom is 0.224 e. The summed E-state index contributed by atoms with van der Waals surface area (Å²) in [7, 11) is 0. The lowest BCUT2D eigenvalue weighted by Gasteiger charge is -2.29. The van der Waals surface area contributed by atoms with Crippen LogP contribution in [0.15, 0.2) is 66.9 Å². The van der Waals surface area contributed by atoms with Crippen molar-refractivity contribution in [3.63, 3.8) is 0 Å². The number of amides is 1. The van der Waals surface area contributed by atoms with E-state index in [-0.39, 0.29) is 18.0 Å². The number of thiocarbonyl (C=S) groups is 1. The third kappa shape index (κ3) is 5.04. The summed E-state index contributed by atoms with van der Waals surface area (Å²) in [5.74, 6) is -0.0129. The average molecular weight is 558 g/mol. The highest BCUT2D eigenvalue weighted by molar-refractivity contribution is 7.80. The van der Waals surface area contributed by atoms with E-state index in [2.05, 4.69) is 53.0 Å². The minimum atomic E-state index is -0.159. The molecule has 0 unspecified atom stereocenters. The lowest BCUT2D eigenvalue weighted by molar-refractivity contribution is -0.115. The van der Waals surface area contributed by atoms with E-state index in [1.807, 2.05) is 68.6 Å². The number of aryl methyl sites for hydroxylation is 3. The van der Waals surface area contributed by atoms with Gasteiger partial charge in [-0.05, 0) is 105 Å². The Kier molecular flexibility index (Phi) is 7.47. The van der Waals surface area contributed by atoms with Gasteiger partial charge in [-0.15, -0.1) is 0 Å². The van der Waals surface area contributed by atoms with Crippen LogP contribution in [0.3, 0.4) is 0 Å². The van der Waals surface area contributed by atoms with Crippen molar-refractivity contribution in [2.24, 2.45) is 0 Å². The summed E-state index contributed by atoms with van der Waals surface area (Å²) in [4.78, 5) is 18.9. The smallest absolute Gasteiger partial charge is 0.224 e. The summed E-state index contributed by atoms with van der Waals surface area (Å²) in [6.07, 6.45) is 2.24. The molecule has 1 fully saturated rings. The van der Waals surface area contributed by atoms with E-state index in [0.717, 1.165) is 50.8 Å². The number of nitrogens with one attached hydrogen (secondary N) is 2. The number of carbonyl (C=O) groups is 1. The molecule has 0 radical (unpaired) electrons. The third-order valence-corrected chi connectivity index (χ3v) is 7.93. The Morgan fingerprint density at radius 3 is 2.54 bits per heavy atom. The molecule has 1 aliphatic heterocycles. The van der Waals surface area contributed by atoms with Crippen LogP contribution in [0.4, 0.5) is 11.4 Å². The van der Waals surface area contributed by atoms with Crippen LogP contribution in [-0.2, 0) is 4.79 Å². The third-order valence-electron chi connectivity index (χ3n) is 7.38. The molecule has 2 atom stereocenters. The average Bonchev–Trinajstić information content (AvgIpc) is 3.41. The van der Waals surface area contributed by atoms with E-state index < -0.39 is 0 Å². The van der Waals surface area contributed by atoms with Crippen molar-refractivity contribution in [3.8, 4) is 5.69 Å². The van der Waals surface area contributed by atoms with Gasteiger partial charge >= 0.3 is 0 Å². The second kappa shape index (κ2) is 10.8. The van der Waals surface area contributed by atoms with Gasteiger partial charge in [-0.3, -0.25) is 9.78 Å². The molecule has 200 valence electrons. The molecule has 0 spiro atoms. The predicted octanol–water partition coefficient (Wildman–Crippen LogP) is 7.28. The molecular formula is C31H32ClN5OS. The summed E-state index contributed by atoms with van der Waals surface area (Å²) < 4.78 is 2.26. The highest BCUT2D eigenvalue weighted by Gasteiger charge is 2.42. The highest BCUT2D eigenvalue weighted by Crippen LogP contribution is 2.44. The summed E-state index contributed by atoms with van der Waals surface area (Å²) in [6.45, 7) is 10.2. The minimum Gasteiger partial charge on any atom is -0.351 e. The topological polar surface area (TPSA) is 62.2 Å². The first-order valence-electron chi connectivity index (χ1n) is 13.1.